The quantitative estimate of drug-likeness (QED) is 0.852. The molecule has 5 heteroatoms. The molecule has 2 N–H and O–H groups in total. The minimum Gasteiger partial charge on any atom is -0.434 e. The fourth-order valence-electron chi connectivity index (χ4n) is 2.13. The molecular weight excluding hydrogens is 276 g/mol. The Morgan fingerprint density at radius 1 is 1.14 bits per heavy atom. The Kier molecular flexibility index (Phi) is 5.11. The molecule has 1 unspecified atom stereocenters. The van der Waals surface area contributed by atoms with Crippen LogP contribution in [0.5, 0.6) is 5.75 Å². The maximum Gasteiger partial charge on any atom is 0.387 e. The minimum atomic E-state index is -2.90. The highest BCUT2D eigenvalue weighted by molar-refractivity contribution is 5.49. The second kappa shape index (κ2) is 7.04. The van der Waals surface area contributed by atoms with Crippen molar-refractivity contribution in [3.8, 4) is 5.75 Å². The second-order valence-electron chi connectivity index (χ2n) is 4.67. The van der Waals surface area contributed by atoms with Gasteiger partial charge in [0.15, 0.2) is 0 Å². The number of anilines is 1. The van der Waals surface area contributed by atoms with E-state index >= 15 is 0 Å². The highest BCUT2D eigenvalue weighted by Gasteiger charge is 2.17. The van der Waals surface area contributed by atoms with Gasteiger partial charge in [-0.25, -0.2) is 0 Å². The molecule has 0 saturated carbocycles. The number of benzene rings is 2. The number of hydrogen-bond acceptors (Lipinski definition) is 3. The van der Waals surface area contributed by atoms with Crippen LogP contribution in [0.25, 0.3) is 0 Å². The van der Waals surface area contributed by atoms with Crippen LogP contribution in [0, 0.1) is 6.92 Å². The van der Waals surface area contributed by atoms with E-state index in [0.29, 0.717) is 5.56 Å². The maximum atomic E-state index is 12.4. The van der Waals surface area contributed by atoms with E-state index in [1.165, 1.54) is 6.07 Å². The van der Waals surface area contributed by atoms with Crippen LogP contribution in [0.15, 0.2) is 48.5 Å². The number of ether oxygens (including phenoxy) is 1. The molecule has 0 aromatic heterocycles. The number of aliphatic hydroxyl groups is 1. The van der Waals surface area contributed by atoms with Gasteiger partial charge in [0.2, 0.25) is 0 Å². The van der Waals surface area contributed by atoms with Crippen molar-refractivity contribution in [1.82, 2.24) is 0 Å². The van der Waals surface area contributed by atoms with E-state index in [4.69, 9.17) is 0 Å². The van der Waals surface area contributed by atoms with Crippen molar-refractivity contribution in [3.63, 3.8) is 0 Å². The van der Waals surface area contributed by atoms with E-state index in [2.05, 4.69) is 10.1 Å². The summed E-state index contributed by atoms with van der Waals surface area (Å²) in [5.74, 6) is 0.0618. The first kappa shape index (κ1) is 15.3. The average Bonchev–Trinajstić information content (AvgIpc) is 2.45. The largest absolute Gasteiger partial charge is 0.434 e. The second-order valence-corrected chi connectivity index (χ2v) is 4.67. The van der Waals surface area contributed by atoms with Gasteiger partial charge in [-0.1, -0.05) is 30.3 Å². The summed E-state index contributed by atoms with van der Waals surface area (Å²) in [6, 6.07) is 13.5. The Hall–Kier alpha value is -2.14. The molecule has 0 aliphatic heterocycles. The van der Waals surface area contributed by atoms with Crippen molar-refractivity contribution >= 4 is 5.69 Å². The fourth-order valence-corrected chi connectivity index (χ4v) is 2.13. The number of halogens is 2. The fraction of sp³-hybridized carbons (Fsp3) is 0.250. The highest BCUT2D eigenvalue weighted by atomic mass is 19.3. The van der Waals surface area contributed by atoms with Gasteiger partial charge in [-0.15, -0.1) is 0 Å². The Balaban J connectivity index is 2.25. The summed E-state index contributed by atoms with van der Waals surface area (Å²) in [4.78, 5) is 0. The van der Waals surface area contributed by atoms with Crippen molar-refractivity contribution in [3.05, 3.63) is 59.7 Å². The summed E-state index contributed by atoms with van der Waals surface area (Å²) in [6.45, 7) is -1.19. The van der Waals surface area contributed by atoms with Gasteiger partial charge < -0.3 is 15.2 Å². The molecule has 0 amide bonds. The normalized spacial score (nSPS) is 12.2. The third-order valence-corrected chi connectivity index (χ3v) is 3.05. The summed E-state index contributed by atoms with van der Waals surface area (Å²) in [5.41, 5.74) is 2.36. The van der Waals surface area contributed by atoms with Gasteiger partial charge in [-0.3, -0.25) is 0 Å². The molecule has 0 heterocycles. The van der Waals surface area contributed by atoms with Crippen LogP contribution in [-0.2, 0) is 0 Å². The Bertz CT molecular complexity index is 590. The van der Waals surface area contributed by atoms with Crippen molar-refractivity contribution in [2.45, 2.75) is 19.6 Å². The molecule has 0 aliphatic carbocycles. The first-order valence-electron chi connectivity index (χ1n) is 6.58. The summed E-state index contributed by atoms with van der Waals surface area (Å²) >= 11 is 0. The molecule has 112 valence electrons. The summed E-state index contributed by atoms with van der Waals surface area (Å²) in [5, 5.41) is 12.7. The van der Waals surface area contributed by atoms with Gasteiger partial charge in [0.05, 0.1) is 12.6 Å². The number of aliphatic hydroxyl groups excluding tert-OH is 1. The summed E-state index contributed by atoms with van der Waals surface area (Å²) in [7, 11) is 0. The number of alkyl halides is 2. The smallest absolute Gasteiger partial charge is 0.387 e. The van der Waals surface area contributed by atoms with E-state index in [9.17, 15) is 13.9 Å². The van der Waals surface area contributed by atoms with E-state index in [1.807, 2.05) is 31.2 Å². The number of aryl methyl sites for hydroxylation is 1. The molecule has 0 bridgehead atoms. The monoisotopic (exact) mass is 293 g/mol. The third kappa shape index (κ3) is 4.16. The molecular formula is C16H17F2NO2. The Morgan fingerprint density at radius 3 is 2.57 bits per heavy atom. The lowest BCUT2D eigenvalue weighted by Gasteiger charge is -2.21. The van der Waals surface area contributed by atoms with Crippen molar-refractivity contribution < 1.29 is 18.6 Å². The van der Waals surface area contributed by atoms with Crippen molar-refractivity contribution in [2.75, 3.05) is 11.9 Å². The minimum absolute atomic E-state index is 0.0618. The zero-order valence-electron chi connectivity index (χ0n) is 11.6. The van der Waals surface area contributed by atoms with Crippen molar-refractivity contribution in [2.24, 2.45) is 0 Å². The molecule has 0 radical (unpaired) electrons. The number of nitrogens with one attached hydrogen (secondary N) is 1. The molecule has 2 aromatic carbocycles. The lowest BCUT2D eigenvalue weighted by molar-refractivity contribution is -0.0507. The SMILES string of the molecule is Cc1cccc(NC(CO)c2ccccc2OC(F)F)c1. The highest BCUT2D eigenvalue weighted by Crippen LogP contribution is 2.29. The molecule has 21 heavy (non-hydrogen) atoms. The first-order valence-corrected chi connectivity index (χ1v) is 6.58. The Labute approximate surface area is 122 Å². The molecule has 0 saturated heterocycles. The molecule has 0 spiro atoms. The molecule has 0 fully saturated rings. The van der Waals surface area contributed by atoms with E-state index in [0.717, 1.165) is 11.3 Å². The van der Waals surface area contributed by atoms with Crippen LogP contribution >= 0.6 is 0 Å². The number of hydrogen-bond donors (Lipinski definition) is 2. The predicted molar refractivity (Wildman–Crippen MR) is 77.7 cm³/mol. The topological polar surface area (TPSA) is 41.5 Å². The van der Waals surface area contributed by atoms with E-state index in [1.54, 1.807) is 18.2 Å². The van der Waals surface area contributed by atoms with E-state index < -0.39 is 12.7 Å². The number of para-hydroxylation sites is 1. The third-order valence-electron chi connectivity index (χ3n) is 3.05. The standard InChI is InChI=1S/C16H17F2NO2/c1-11-5-4-6-12(9-11)19-14(10-20)13-7-2-3-8-15(13)21-16(17)18/h2-9,14,16,19-20H,10H2,1H3. The summed E-state index contributed by atoms with van der Waals surface area (Å²) in [6.07, 6.45) is 0. The van der Waals surface area contributed by atoms with E-state index in [-0.39, 0.29) is 12.4 Å². The van der Waals surface area contributed by atoms with Gasteiger partial charge in [-0.2, -0.15) is 8.78 Å². The molecule has 2 aromatic rings. The zero-order chi connectivity index (χ0) is 15.2. The van der Waals surface area contributed by atoms with Gasteiger partial charge in [0.1, 0.15) is 5.75 Å². The van der Waals surface area contributed by atoms with Crippen LogP contribution in [0.3, 0.4) is 0 Å². The van der Waals surface area contributed by atoms with Gasteiger partial charge in [-0.05, 0) is 30.7 Å². The van der Waals surface area contributed by atoms with Gasteiger partial charge >= 0.3 is 6.61 Å². The molecule has 2 rings (SSSR count). The first-order chi connectivity index (χ1) is 10.1. The predicted octanol–water partition coefficient (Wildman–Crippen LogP) is 3.74. The maximum absolute atomic E-state index is 12.4. The molecule has 3 nitrogen and oxygen atoms in total. The number of rotatable bonds is 6. The summed E-state index contributed by atoms with van der Waals surface area (Å²) < 4.78 is 29.4. The van der Waals surface area contributed by atoms with Crippen LogP contribution in [-0.4, -0.2) is 18.3 Å². The molecule has 0 aliphatic rings. The lowest BCUT2D eigenvalue weighted by Crippen LogP contribution is -2.17. The van der Waals surface area contributed by atoms with Gasteiger partial charge in [0.25, 0.3) is 0 Å². The van der Waals surface area contributed by atoms with Crippen LogP contribution < -0.4 is 10.1 Å². The van der Waals surface area contributed by atoms with Crippen LogP contribution in [0.4, 0.5) is 14.5 Å². The lowest BCUT2D eigenvalue weighted by atomic mass is 10.1. The van der Waals surface area contributed by atoms with Crippen molar-refractivity contribution in [1.29, 1.82) is 0 Å². The van der Waals surface area contributed by atoms with Crippen LogP contribution in [0.1, 0.15) is 17.2 Å². The average molecular weight is 293 g/mol. The molecule has 1 atom stereocenters. The van der Waals surface area contributed by atoms with Crippen LogP contribution in [0.2, 0.25) is 0 Å². The van der Waals surface area contributed by atoms with Gasteiger partial charge in [0, 0.05) is 11.3 Å². The zero-order valence-corrected chi connectivity index (χ0v) is 11.6. The Morgan fingerprint density at radius 2 is 1.90 bits per heavy atom.